The van der Waals surface area contributed by atoms with E-state index in [0.717, 1.165) is 11.4 Å². The van der Waals surface area contributed by atoms with Crippen LogP contribution in [0.15, 0.2) is 30.3 Å². The number of aromatic amines is 1. The van der Waals surface area contributed by atoms with E-state index in [-0.39, 0.29) is 17.6 Å². The molecule has 1 saturated heterocycles. The molecule has 7 nitrogen and oxygen atoms in total. The van der Waals surface area contributed by atoms with Gasteiger partial charge in [-0.1, -0.05) is 30.3 Å². The van der Waals surface area contributed by atoms with Crippen LogP contribution in [0.5, 0.6) is 0 Å². The summed E-state index contributed by atoms with van der Waals surface area (Å²) < 4.78 is 25.7. The number of piperidine rings is 1. The average Bonchev–Trinajstić information content (AvgIpc) is 3.13. The molecule has 1 aliphatic rings. The first-order chi connectivity index (χ1) is 12.8. The molecule has 1 aliphatic heterocycles. The molecule has 0 unspecified atom stereocenters. The zero-order chi connectivity index (χ0) is 19.6. The van der Waals surface area contributed by atoms with Crippen LogP contribution in [-0.2, 0) is 10.0 Å². The van der Waals surface area contributed by atoms with Crippen LogP contribution in [0.4, 0.5) is 0 Å². The van der Waals surface area contributed by atoms with Gasteiger partial charge in [-0.05, 0) is 19.8 Å². The number of nitrogens with one attached hydrogen (secondary N) is 1. The van der Waals surface area contributed by atoms with E-state index in [1.807, 2.05) is 30.3 Å². The summed E-state index contributed by atoms with van der Waals surface area (Å²) in [4.78, 5) is 22.1. The average molecular weight is 391 g/mol. The minimum absolute atomic E-state index is 0.111. The van der Waals surface area contributed by atoms with Gasteiger partial charge < -0.3 is 9.88 Å². The molecule has 0 radical (unpaired) electrons. The highest BCUT2D eigenvalue weighted by molar-refractivity contribution is 7.89. The van der Waals surface area contributed by atoms with E-state index < -0.39 is 10.0 Å². The standard InChI is InChI=1S/C19H26N4O3S/c1-4-27(25,26)23-12-10-15(11-13-23)18-20-16(14-8-6-5-7-9-14)17(21-18)19(24)22(2)3/h5-9,15H,4,10-13H2,1-3H3,(H,20,21). The topological polar surface area (TPSA) is 86.4 Å². The number of carbonyl (C=O) groups excluding carboxylic acids is 1. The lowest BCUT2D eigenvalue weighted by Gasteiger charge is -2.29. The molecule has 146 valence electrons. The van der Waals surface area contributed by atoms with Crippen LogP contribution in [0.3, 0.4) is 0 Å². The molecule has 1 N–H and O–H groups in total. The molecule has 0 aliphatic carbocycles. The van der Waals surface area contributed by atoms with Crippen molar-refractivity contribution < 1.29 is 13.2 Å². The van der Waals surface area contributed by atoms with Gasteiger partial charge in [0.25, 0.3) is 5.91 Å². The molecule has 2 heterocycles. The first-order valence-corrected chi connectivity index (χ1v) is 10.8. The number of rotatable bonds is 5. The Kier molecular flexibility index (Phi) is 5.67. The summed E-state index contributed by atoms with van der Waals surface area (Å²) in [5.41, 5.74) is 2.01. The Balaban J connectivity index is 1.88. The van der Waals surface area contributed by atoms with Gasteiger partial charge >= 0.3 is 0 Å². The van der Waals surface area contributed by atoms with Crippen molar-refractivity contribution in [2.75, 3.05) is 32.9 Å². The van der Waals surface area contributed by atoms with Gasteiger partial charge in [0.05, 0.1) is 5.75 Å². The Hall–Kier alpha value is -2.19. The Bertz CT molecular complexity index is 898. The Morgan fingerprint density at radius 3 is 2.41 bits per heavy atom. The highest BCUT2D eigenvalue weighted by atomic mass is 32.2. The second-order valence-corrected chi connectivity index (χ2v) is 9.24. The molecule has 1 aromatic heterocycles. The molecule has 1 aromatic carbocycles. The van der Waals surface area contributed by atoms with Gasteiger partial charge in [-0.3, -0.25) is 4.79 Å². The third kappa shape index (κ3) is 4.06. The zero-order valence-electron chi connectivity index (χ0n) is 16.0. The summed E-state index contributed by atoms with van der Waals surface area (Å²) >= 11 is 0. The minimum Gasteiger partial charge on any atom is -0.343 e. The van der Waals surface area contributed by atoms with Crippen LogP contribution < -0.4 is 0 Å². The van der Waals surface area contributed by atoms with Crippen LogP contribution in [-0.4, -0.2) is 66.4 Å². The van der Waals surface area contributed by atoms with Crippen LogP contribution >= 0.6 is 0 Å². The van der Waals surface area contributed by atoms with Gasteiger partial charge in [0.1, 0.15) is 17.2 Å². The molecule has 0 bridgehead atoms. The van der Waals surface area contributed by atoms with Gasteiger partial charge in [0.15, 0.2) is 0 Å². The summed E-state index contributed by atoms with van der Waals surface area (Å²) in [6, 6.07) is 9.63. The lowest BCUT2D eigenvalue weighted by Crippen LogP contribution is -2.38. The predicted octanol–water partition coefficient (Wildman–Crippen LogP) is 2.31. The Morgan fingerprint density at radius 2 is 1.85 bits per heavy atom. The van der Waals surface area contributed by atoms with Gasteiger partial charge in [-0.15, -0.1) is 0 Å². The van der Waals surface area contributed by atoms with Crippen LogP contribution in [0, 0.1) is 0 Å². The molecular weight excluding hydrogens is 364 g/mol. The fourth-order valence-corrected chi connectivity index (χ4v) is 4.49. The van der Waals surface area contributed by atoms with Crippen LogP contribution in [0.25, 0.3) is 11.3 Å². The molecule has 2 aromatic rings. The quantitative estimate of drug-likeness (QED) is 0.849. The molecule has 1 fully saturated rings. The minimum atomic E-state index is -3.16. The summed E-state index contributed by atoms with van der Waals surface area (Å²) in [6.45, 7) is 2.64. The fourth-order valence-electron chi connectivity index (χ4n) is 3.36. The second kappa shape index (κ2) is 7.82. The number of hydrogen-bond donors (Lipinski definition) is 1. The monoisotopic (exact) mass is 390 g/mol. The maximum absolute atomic E-state index is 12.6. The number of amides is 1. The number of H-pyrrole nitrogens is 1. The van der Waals surface area contributed by atoms with Crippen molar-refractivity contribution in [1.82, 2.24) is 19.2 Å². The SMILES string of the molecule is CCS(=O)(=O)N1CCC(c2nc(-c3ccccc3)c(C(=O)N(C)C)[nH]2)CC1. The summed E-state index contributed by atoms with van der Waals surface area (Å²) in [5, 5.41) is 0. The number of benzene rings is 1. The van der Waals surface area contributed by atoms with Crippen LogP contribution in [0.2, 0.25) is 0 Å². The van der Waals surface area contributed by atoms with Gasteiger partial charge in [0, 0.05) is 38.7 Å². The van der Waals surface area contributed by atoms with Crippen molar-refractivity contribution in [3.63, 3.8) is 0 Å². The number of nitrogens with zero attached hydrogens (tertiary/aromatic N) is 3. The van der Waals surface area contributed by atoms with Crippen LogP contribution in [0.1, 0.15) is 42.0 Å². The third-order valence-corrected chi connectivity index (χ3v) is 6.87. The van der Waals surface area contributed by atoms with Gasteiger partial charge in [-0.2, -0.15) is 0 Å². The summed E-state index contributed by atoms with van der Waals surface area (Å²) in [5.74, 6) is 0.864. The third-order valence-electron chi connectivity index (χ3n) is 4.99. The second-order valence-electron chi connectivity index (χ2n) is 6.99. The molecule has 8 heteroatoms. The van der Waals surface area contributed by atoms with Gasteiger partial charge in [0.2, 0.25) is 10.0 Å². The fraction of sp³-hybridized carbons (Fsp3) is 0.474. The van der Waals surface area contributed by atoms with Crippen molar-refractivity contribution in [3.8, 4) is 11.3 Å². The van der Waals surface area contributed by atoms with E-state index in [1.165, 1.54) is 4.90 Å². The maximum atomic E-state index is 12.6. The molecule has 3 rings (SSSR count). The largest absolute Gasteiger partial charge is 0.343 e. The van der Waals surface area contributed by atoms with Gasteiger partial charge in [-0.25, -0.2) is 17.7 Å². The number of aromatic nitrogens is 2. The maximum Gasteiger partial charge on any atom is 0.272 e. The van der Waals surface area contributed by atoms with E-state index in [4.69, 9.17) is 4.98 Å². The van der Waals surface area contributed by atoms with Crippen molar-refractivity contribution in [1.29, 1.82) is 0 Å². The molecule has 0 spiro atoms. The lowest BCUT2D eigenvalue weighted by molar-refractivity contribution is 0.0823. The summed E-state index contributed by atoms with van der Waals surface area (Å²) in [6.07, 6.45) is 1.38. The van der Waals surface area contributed by atoms with Crippen molar-refractivity contribution in [2.45, 2.75) is 25.7 Å². The van der Waals surface area contributed by atoms with E-state index in [0.29, 0.717) is 37.3 Å². The molecule has 0 atom stereocenters. The molecule has 27 heavy (non-hydrogen) atoms. The zero-order valence-corrected chi connectivity index (χ0v) is 16.8. The van der Waals surface area contributed by atoms with E-state index in [1.54, 1.807) is 25.3 Å². The molecule has 1 amide bonds. The van der Waals surface area contributed by atoms with Crippen molar-refractivity contribution in [3.05, 3.63) is 41.9 Å². The molecule has 0 saturated carbocycles. The first-order valence-electron chi connectivity index (χ1n) is 9.18. The number of imidazole rings is 1. The normalized spacial score (nSPS) is 16.4. The highest BCUT2D eigenvalue weighted by Crippen LogP contribution is 2.31. The Labute approximate surface area is 160 Å². The predicted molar refractivity (Wildman–Crippen MR) is 105 cm³/mol. The number of hydrogen-bond acceptors (Lipinski definition) is 4. The number of sulfonamides is 1. The summed E-state index contributed by atoms with van der Waals surface area (Å²) in [7, 11) is 0.272. The Morgan fingerprint density at radius 1 is 1.22 bits per heavy atom. The van der Waals surface area contributed by atoms with E-state index in [9.17, 15) is 13.2 Å². The smallest absolute Gasteiger partial charge is 0.272 e. The molecular formula is C19H26N4O3S. The van der Waals surface area contributed by atoms with E-state index in [2.05, 4.69) is 4.98 Å². The lowest BCUT2D eigenvalue weighted by atomic mass is 9.97. The van der Waals surface area contributed by atoms with Crippen molar-refractivity contribution in [2.24, 2.45) is 0 Å². The van der Waals surface area contributed by atoms with E-state index >= 15 is 0 Å². The number of carbonyl (C=O) groups is 1. The van der Waals surface area contributed by atoms with Crippen molar-refractivity contribution >= 4 is 15.9 Å². The highest BCUT2D eigenvalue weighted by Gasteiger charge is 2.30. The first kappa shape index (κ1) is 19.6.